The molecule has 0 bridgehead atoms. The van der Waals surface area contributed by atoms with Crippen molar-refractivity contribution in [3.8, 4) is 0 Å². The average Bonchev–Trinajstić information content (AvgIpc) is 2.07. The van der Waals surface area contributed by atoms with Gasteiger partial charge in [-0.3, -0.25) is 0 Å². The number of benzene rings is 1. The van der Waals surface area contributed by atoms with Crippen LogP contribution >= 0.6 is 0 Å². The monoisotopic (exact) mass is 166 g/mol. The lowest BCUT2D eigenvalue weighted by atomic mass is 10.2. The molecule has 0 atom stereocenters. The van der Waals surface area contributed by atoms with Crippen molar-refractivity contribution in [2.75, 3.05) is 12.3 Å². The summed E-state index contributed by atoms with van der Waals surface area (Å²) in [6, 6.07) is 4.43. The van der Waals surface area contributed by atoms with Crippen molar-refractivity contribution in [2.45, 2.75) is 0 Å². The summed E-state index contributed by atoms with van der Waals surface area (Å²) in [7, 11) is 0. The van der Waals surface area contributed by atoms with Gasteiger partial charge in [0.2, 0.25) is 0 Å². The zero-order valence-corrected chi connectivity index (χ0v) is 6.63. The smallest absolute Gasteiger partial charge is 0.130 e. The van der Waals surface area contributed by atoms with Gasteiger partial charge in [-0.1, -0.05) is 12.2 Å². The van der Waals surface area contributed by atoms with Crippen LogP contribution in [0.3, 0.4) is 0 Å². The van der Waals surface area contributed by atoms with Crippen LogP contribution in [0, 0.1) is 5.82 Å². The van der Waals surface area contributed by atoms with Gasteiger partial charge in [0.25, 0.3) is 0 Å². The standard InChI is InChI=1S/C9H11FN2/c10-9-4-3-8(12)6-7(9)2-1-5-11/h1-4,6H,5,11-12H2. The molecule has 0 saturated heterocycles. The Bertz CT molecular complexity index is 295. The molecule has 3 heteroatoms. The Kier molecular flexibility index (Phi) is 2.82. The van der Waals surface area contributed by atoms with Crippen LogP contribution in [0.15, 0.2) is 24.3 Å². The third kappa shape index (κ3) is 2.07. The Morgan fingerprint density at radius 3 is 2.83 bits per heavy atom. The molecule has 12 heavy (non-hydrogen) atoms. The molecule has 0 aromatic heterocycles. The van der Waals surface area contributed by atoms with E-state index in [4.69, 9.17) is 11.5 Å². The second-order valence-electron chi connectivity index (χ2n) is 2.42. The summed E-state index contributed by atoms with van der Waals surface area (Å²) in [4.78, 5) is 0. The Hall–Kier alpha value is -1.35. The van der Waals surface area contributed by atoms with Gasteiger partial charge in [0.15, 0.2) is 0 Å². The van der Waals surface area contributed by atoms with Gasteiger partial charge in [-0.2, -0.15) is 0 Å². The van der Waals surface area contributed by atoms with Gasteiger partial charge in [0, 0.05) is 17.8 Å². The Labute approximate surface area is 70.7 Å². The van der Waals surface area contributed by atoms with Crippen LogP contribution in [0.4, 0.5) is 10.1 Å². The van der Waals surface area contributed by atoms with Crippen molar-refractivity contribution in [3.05, 3.63) is 35.7 Å². The maximum absolute atomic E-state index is 12.9. The highest BCUT2D eigenvalue weighted by atomic mass is 19.1. The van der Waals surface area contributed by atoms with E-state index < -0.39 is 0 Å². The second-order valence-corrected chi connectivity index (χ2v) is 2.42. The van der Waals surface area contributed by atoms with E-state index in [2.05, 4.69) is 0 Å². The molecule has 1 rings (SSSR count). The molecule has 0 spiro atoms. The Morgan fingerprint density at radius 1 is 1.42 bits per heavy atom. The predicted octanol–water partition coefficient (Wildman–Crippen LogP) is 1.38. The largest absolute Gasteiger partial charge is 0.399 e. The number of hydrogen-bond acceptors (Lipinski definition) is 2. The fourth-order valence-electron chi connectivity index (χ4n) is 0.885. The van der Waals surface area contributed by atoms with E-state index in [1.165, 1.54) is 12.1 Å². The minimum atomic E-state index is -0.283. The number of halogens is 1. The van der Waals surface area contributed by atoms with Crippen molar-refractivity contribution in [3.63, 3.8) is 0 Å². The average molecular weight is 166 g/mol. The van der Waals surface area contributed by atoms with Crippen molar-refractivity contribution >= 4 is 11.8 Å². The molecule has 0 amide bonds. The summed E-state index contributed by atoms with van der Waals surface area (Å²) in [6.45, 7) is 0.397. The third-order valence-electron chi connectivity index (χ3n) is 1.45. The first-order valence-corrected chi connectivity index (χ1v) is 3.65. The highest BCUT2D eigenvalue weighted by Crippen LogP contribution is 2.12. The van der Waals surface area contributed by atoms with Crippen molar-refractivity contribution in [1.29, 1.82) is 0 Å². The first-order chi connectivity index (χ1) is 5.74. The lowest BCUT2D eigenvalue weighted by molar-refractivity contribution is 0.625. The first kappa shape index (κ1) is 8.74. The van der Waals surface area contributed by atoms with E-state index in [-0.39, 0.29) is 5.82 Å². The zero-order chi connectivity index (χ0) is 8.97. The number of anilines is 1. The maximum atomic E-state index is 12.9. The molecule has 0 aliphatic carbocycles. The normalized spacial score (nSPS) is 10.8. The topological polar surface area (TPSA) is 52.0 Å². The summed E-state index contributed by atoms with van der Waals surface area (Å²) < 4.78 is 12.9. The SMILES string of the molecule is NCC=Cc1cc(N)ccc1F. The van der Waals surface area contributed by atoms with Crippen LogP contribution in [-0.4, -0.2) is 6.54 Å². The van der Waals surface area contributed by atoms with Gasteiger partial charge in [0.05, 0.1) is 0 Å². The fraction of sp³-hybridized carbons (Fsp3) is 0.111. The summed E-state index contributed by atoms with van der Waals surface area (Å²) >= 11 is 0. The third-order valence-corrected chi connectivity index (χ3v) is 1.45. The van der Waals surface area contributed by atoms with Crippen LogP contribution in [0.25, 0.3) is 6.08 Å². The molecule has 64 valence electrons. The number of nitrogen functional groups attached to an aromatic ring is 1. The van der Waals surface area contributed by atoms with Crippen LogP contribution in [0.1, 0.15) is 5.56 Å². The predicted molar refractivity (Wildman–Crippen MR) is 48.9 cm³/mol. The molecule has 0 aliphatic rings. The second kappa shape index (κ2) is 3.88. The van der Waals surface area contributed by atoms with Crippen molar-refractivity contribution in [1.82, 2.24) is 0 Å². The van der Waals surface area contributed by atoms with E-state index >= 15 is 0 Å². The molecular weight excluding hydrogens is 155 g/mol. The summed E-state index contributed by atoms with van der Waals surface area (Å²) in [6.07, 6.45) is 3.30. The molecule has 4 N–H and O–H groups in total. The van der Waals surface area contributed by atoms with Gasteiger partial charge >= 0.3 is 0 Å². The molecule has 2 nitrogen and oxygen atoms in total. The highest BCUT2D eigenvalue weighted by molar-refractivity contribution is 5.56. The van der Waals surface area contributed by atoms with Gasteiger partial charge in [-0.25, -0.2) is 4.39 Å². The lowest BCUT2D eigenvalue weighted by Crippen LogP contribution is -1.93. The van der Waals surface area contributed by atoms with Crippen LogP contribution in [0.5, 0.6) is 0 Å². The summed E-state index contributed by atoms with van der Waals surface area (Å²) in [5, 5.41) is 0. The van der Waals surface area contributed by atoms with Gasteiger partial charge in [-0.15, -0.1) is 0 Å². The van der Waals surface area contributed by atoms with Crippen molar-refractivity contribution in [2.24, 2.45) is 5.73 Å². The summed E-state index contributed by atoms with van der Waals surface area (Å²) in [5.41, 5.74) is 11.7. The molecular formula is C9H11FN2. The van der Waals surface area contributed by atoms with Gasteiger partial charge < -0.3 is 11.5 Å². The summed E-state index contributed by atoms with van der Waals surface area (Å²) in [5.74, 6) is -0.283. The van der Waals surface area contributed by atoms with Crippen LogP contribution in [-0.2, 0) is 0 Å². The molecule has 1 aromatic carbocycles. The number of hydrogen-bond donors (Lipinski definition) is 2. The zero-order valence-electron chi connectivity index (χ0n) is 6.63. The molecule has 0 fully saturated rings. The molecule has 1 aromatic rings. The number of nitrogens with two attached hydrogens (primary N) is 2. The van der Waals surface area contributed by atoms with E-state index in [1.807, 2.05) is 0 Å². The molecule has 0 saturated carbocycles. The molecule has 0 unspecified atom stereocenters. The minimum Gasteiger partial charge on any atom is -0.399 e. The van der Waals surface area contributed by atoms with E-state index in [9.17, 15) is 4.39 Å². The van der Waals surface area contributed by atoms with E-state index in [0.29, 0.717) is 17.8 Å². The van der Waals surface area contributed by atoms with Crippen LogP contribution < -0.4 is 11.5 Å². The molecule has 0 heterocycles. The van der Waals surface area contributed by atoms with Gasteiger partial charge in [-0.05, 0) is 18.2 Å². The maximum Gasteiger partial charge on any atom is 0.130 e. The molecule has 0 radical (unpaired) electrons. The molecule has 0 aliphatic heterocycles. The highest BCUT2D eigenvalue weighted by Gasteiger charge is 1.96. The lowest BCUT2D eigenvalue weighted by Gasteiger charge is -1.97. The van der Waals surface area contributed by atoms with Crippen LogP contribution in [0.2, 0.25) is 0 Å². The van der Waals surface area contributed by atoms with E-state index in [0.717, 1.165) is 0 Å². The Morgan fingerprint density at radius 2 is 2.17 bits per heavy atom. The Balaban J connectivity index is 2.97. The van der Waals surface area contributed by atoms with E-state index in [1.54, 1.807) is 18.2 Å². The number of rotatable bonds is 2. The quantitative estimate of drug-likeness (QED) is 0.652. The minimum absolute atomic E-state index is 0.283. The van der Waals surface area contributed by atoms with Crippen molar-refractivity contribution < 1.29 is 4.39 Å². The first-order valence-electron chi connectivity index (χ1n) is 3.65. The van der Waals surface area contributed by atoms with Gasteiger partial charge in [0.1, 0.15) is 5.82 Å². The fourth-order valence-corrected chi connectivity index (χ4v) is 0.885.